The number of hydrogen-bond acceptors (Lipinski definition) is 2. The summed E-state index contributed by atoms with van der Waals surface area (Å²) < 4.78 is 0. The van der Waals surface area contributed by atoms with Gasteiger partial charge < -0.3 is 5.11 Å². The molecule has 0 saturated heterocycles. The van der Waals surface area contributed by atoms with E-state index in [1.807, 2.05) is 0 Å². The maximum absolute atomic E-state index is 12.1. The molecule has 0 heterocycles. The van der Waals surface area contributed by atoms with Crippen LogP contribution in [-0.2, 0) is 0 Å². The lowest BCUT2D eigenvalue weighted by Crippen LogP contribution is -2.41. The normalized spacial score (nSPS) is 18.3. The van der Waals surface area contributed by atoms with Crippen LogP contribution in [0.4, 0.5) is 0 Å². The van der Waals surface area contributed by atoms with Crippen molar-refractivity contribution in [2.45, 2.75) is 19.3 Å². The van der Waals surface area contributed by atoms with E-state index in [1.54, 1.807) is 24.3 Å². The zero-order valence-electron chi connectivity index (χ0n) is 8.37. The minimum absolute atomic E-state index is 0.0472. The van der Waals surface area contributed by atoms with Gasteiger partial charge in [0.1, 0.15) is 0 Å². The van der Waals surface area contributed by atoms with Crippen molar-refractivity contribution in [2.24, 2.45) is 5.41 Å². The Bertz CT molecular complexity index is 360. The highest BCUT2D eigenvalue weighted by atomic mass is 35.5. The number of halogens is 1. The van der Waals surface area contributed by atoms with Crippen LogP contribution in [0.3, 0.4) is 0 Å². The summed E-state index contributed by atoms with van der Waals surface area (Å²) in [5, 5.41) is 9.90. The molecule has 0 aliphatic heterocycles. The zero-order chi connectivity index (χ0) is 10.9. The fraction of sp³-hybridized carbons (Fsp3) is 0.417. The van der Waals surface area contributed by atoms with Crippen LogP contribution >= 0.6 is 11.6 Å². The first kappa shape index (κ1) is 10.7. The van der Waals surface area contributed by atoms with Crippen LogP contribution in [0.1, 0.15) is 29.6 Å². The number of carbonyl (C=O) groups excluding carboxylic acids is 1. The monoisotopic (exact) mass is 224 g/mol. The van der Waals surface area contributed by atoms with Gasteiger partial charge in [0.25, 0.3) is 0 Å². The van der Waals surface area contributed by atoms with Gasteiger partial charge in [0, 0.05) is 10.6 Å². The Hall–Kier alpha value is -0.860. The van der Waals surface area contributed by atoms with E-state index in [9.17, 15) is 9.90 Å². The number of rotatable bonds is 3. The first-order chi connectivity index (χ1) is 7.18. The summed E-state index contributed by atoms with van der Waals surface area (Å²) in [5.74, 6) is 0.0490. The van der Waals surface area contributed by atoms with Crippen molar-refractivity contribution < 1.29 is 9.90 Å². The van der Waals surface area contributed by atoms with E-state index in [1.165, 1.54) is 0 Å². The van der Waals surface area contributed by atoms with Crippen LogP contribution in [0.15, 0.2) is 24.3 Å². The molecule has 3 heteroatoms. The molecule has 2 nitrogen and oxygen atoms in total. The first-order valence-electron chi connectivity index (χ1n) is 5.09. The second-order valence-corrected chi connectivity index (χ2v) is 4.56. The molecular weight excluding hydrogens is 212 g/mol. The summed E-state index contributed by atoms with van der Waals surface area (Å²) in [6, 6.07) is 6.86. The molecule has 0 unspecified atom stereocenters. The number of carbonyl (C=O) groups is 1. The second kappa shape index (κ2) is 3.95. The number of ketones is 1. The summed E-state index contributed by atoms with van der Waals surface area (Å²) in [5.41, 5.74) is 0.140. The van der Waals surface area contributed by atoms with E-state index >= 15 is 0 Å². The van der Waals surface area contributed by atoms with Crippen molar-refractivity contribution in [3.63, 3.8) is 0 Å². The maximum Gasteiger partial charge on any atom is 0.171 e. The van der Waals surface area contributed by atoms with Crippen molar-refractivity contribution in [3.8, 4) is 0 Å². The molecule has 1 aromatic carbocycles. The molecule has 1 aliphatic rings. The number of Topliss-reactive ketones (excluding diaryl/α,β-unsaturated/α-hetero) is 1. The molecule has 80 valence electrons. The smallest absolute Gasteiger partial charge is 0.171 e. The molecule has 0 radical (unpaired) electrons. The highest BCUT2D eigenvalue weighted by molar-refractivity contribution is 6.30. The van der Waals surface area contributed by atoms with Crippen molar-refractivity contribution in [1.29, 1.82) is 0 Å². The molecule has 1 saturated carbocycles. The molecule has 1 aromatic rings. The lowest BCUT2D eigenvalue weighted by Gasteiger charge is -2.38. The van der Waals surface area contributed by atoms with Crippen LogP contribution in [0.25, 0.3) is 0 Å². The Balaban J connectivity index is 2.24. The molecule has 2 rings (SSSR count). The van der Waals surface area contributed by atoms with E-state index in [2.05, 4.69) is 0 Å². The molecule has 1 aliphatic carbocycles. The van der Waals surface area contributed by atoms with E-state index in [-0.39, 0.29) is 12.4 Å². The number of benzene rings is 1. The first-order valence-corrected chi connectivity index (χ1v) is 5.47. The lowest BCUT2D eigenvalue weighted by atomic mass is 9.65. The minimum Gasteiger partial charge on any atom is -0.395 e. The molecule has 0 amide bonds. The number of aliphatic hydroxyl groups excluding tert-OH is 1. The Morgan fingerprint density at radius 2 is 1.93 bits per heavy atom. The maximum atomic E-state index is 12.1. The van der Waals surface area contributed by atoms with E-state index in [4.69, 9.17) is 11.6 Å². The van der Waals surface area contributed by atoms with Gasteiger partial charge in [0.05, 0.1) is 12.0 Å². The standard InChI is InChI=1S/C12H13ClO2/c13-10-4-2-9(3-5-10)11(15)12(8-14)6-1-7-12/h2-5,14H,1,6-8H2. The Morgan fingerprint density at radius 3 is 2.33 bits per heavy atom. The van der Waals surface area contributed by atoms with Gasteiger partial charge in [-0.15, -0.1) is 0 Å². The van der Waals surface area contributed by atoms with Gasteiger partial charge in [-0.05, 0) is 37.1 Å². The molecule has 1 N–H and O–H groups in total. The van der Waals surface area contributed by atoms with Crippen LogP contribution in [-0.4, -0.2) is 17.5 Å². The summed E-state index contributed by atoms with van der Waals surface area (Å²) in [6.07, 6.45) is 2.62. The molecule has 1 fully saturated rings. The van der Waals surface area contributed by atoms with Crippen LogP contribution in [0.5, 0.6) is 0 Å². The number of hydrogen-bond donors (Lipinski definition) is 1. The van der Waals surface area contributed by atoms with E-state index < -0.39 is 5.41 Å². The SMILES string of the molecule is O=C(c1ccc(Cl)cc1)C1(CO)CCC1. The Kier molecular flexibility index (Phi) is 2.81. The summed E-state index contributed by atoms with van der Waals surface area (Å²) in [4.78, 5) is 12.1. The Morgan fingerprint density at radius 1 is 1.33 bits per heavy atom. The topological polar surface area (TPSA) is 37.3 Å². The molecular formula is C12H13ClO2. The van der Waals surface area contributed by atoms with Gasteiger partial charge in [-0.2, -0.15) is 0 Å². The third kappa shape index (κ3) is 1.80. The fourth-order valence-electron chi connectivity index (χ4n) is 1.97. The summed E-state index contributed by atoms with van der Waals surface area (Å²) in [6.45, 7) is -0.0472. The van der Waals surface area contributed by atoms with Crippen LogP contribution in [0, 0.1) is 5.41 Å². The van der Waals surface area contributed by atoms with Gasteiger partial charge in [0.2, 0.25) is 0 Å². The number of aliphatic hydroxyl groups is 1. The minimum atomic E-state index is -0.506. The quantitative estimate of drug-likeness (QED) is 0.802. The zero-order valence-corrected chi connectivity index (χ0v) is 9.13. The predicted octanol–water partition coefficient (Wildman–Crippen LogP) is 2.69. The van der Waals surface area contributed by atoms with Crippen LogP contribution in [0.2, 0.25) is 5.02 Å². The van der Waals surface area contributed by atoms with Crippen molar-refractivity contribution in [1.82, 2.24) is 0 Å². The molecule has 0 atom stereocenters. The third-order valence-electron chi connectivity index (χ3n) is 3.20. The van der Waals surface area contributed by atoms with Crippen LogP contribution < -0.4 is 0 Å². The van der Waals surface area contributed by atoms with Gasteiger partial charge in [-0.25, -0.2) is 0 Å². The highest BCUT2D eigenvalue weighted by Gasteiger charge is 2.43. The van der Waals surface area contributed by atoms with Gasteiger partial charge in [0.15, 0.2) is 5.78 Å². The predicted molar refractivity (Wildman–Crippen MR) is 59.2 cm³/mol. The average Bonchev–Trinajstić information content (AvgIpc) is 2.18. The van der Waals surface area contributed by atoms with Crippen molar-refractivity contribution >= 4 is 17.4 Å². The van der Waals surface area contributed by atoms with Gasteiger partial charge in [-0.3, -0.25) is 4.79 Å². The van der Waals surface area contributed by atoms with Gasteiger partial charge in [-0.1, -0.05) is 18.0 Å². The highest BCUT2D eigenvalue weighted by Crippen LogP contribution is 2.43. The summed E-state index contributed by atoms with van der Waals surface area (Å²) in [7, 11) is 0. The van der Waals surface area contributed by atoms with E-state index in [0.717, 1.165) is 19.3 Å². The van der Waals surface area contributed by atoms with E-state index in [0.29, 0.717) is 10.6 Å². The molecule has 0 spiro atoms. The second-order valence-electron chi connectivity index (χ2n) is 4.13. The van der Waals surface area contributed by atoms with Crippen molar-refractivity contribution in [3.05, 3.63) is 34.9 Å². The summed E-state index contributed by atoms with van der Waals surface area (Å²) >= 11 is 5.75. The average molecular weight is 225 g/mol. The Labute approximate surface area is 93.9 Å². The third-order valence-corrected chi connectivity index (χ3v) is 3.45. The molecule has 0 aromatic heterocycles. The van der Waals surface area contributed by atoms with Crippen molar-refractivity contribution in [2.75, 3.05) is 6.61 Å². The fourth-order valence-corrected chi connectivity index (χ4v) is 2.09. The van der Waals surface area contributed by atoms with Gasteiger partial charge >= 0.3 is 0 Å². The molecule has 0 bridgehead atoms. The largest absolute Gasteiger partial charge is 0.395 e. The lowest BCUT2D eigenvalue weighted by molar-refractivity contribution is 0.0348. The molecule has 15 heavy (non-hydrogen) atoms.